The van der Waals surface area contributed by atoms with Crippen molar-refractivity contribution in [3.8, 4) is 5.75 Å². The van der Waals surface area contributed by atoms with E-state index in [1.165, 1.54) is 6.07 Å². The number of aryl methyl sites for hydroxylation is 1. The van der Waals surface area contributed by atoms with E-state index in [1.807, 2.05) is 38.1 Å². The number of phenolic OH excluding ortho intramolecular Hbond substituents is 1. The predicted molar refractivity (Wildman–Crippen MR) is 82.9 cm³/mol. The van der Waals surface area contributed by atoms with Crippen LogP contribution in [0.2, 0.25) is 0 Å². The normalized spacial score (nSPS) is 11.9. The van der Waals surface area contributed by atoms with Gasteiger partial charge in [-0.05, 0) is 43.2 Å². The molecule has 0 radical (unpaired) electrons. The van der Waals surface area contributed by atoms with Crippen LogP contribution in [0.1, 0.15) is 34.5 Å². The first-order valence-electron chi connectivity index (χ1n) is 6.34. The van der Waals surface area contributed by atoms with E-state index >= 15 is 0 Å². The van der Waals surface area contributed by atoms with Crippen molar-refractivity contribution in [1.29, 1.82) is 0 Å². The van der Waals surface area contributed by atoms with E-state index in [4.69, 9.17) is 0 Å². The third-order valence-electron chi connectivity index (χ3n) is 3.21. The average Bonchev–Trinajstić information content (AvgIpc) is 2.41. The van der Waals surface area contributed by atoms with E-state index in [9.17, 15) is 9.90 Å². The molecule has 104 valence electrons. The summed E-state index contributed by atoms with van der Waals surface area (Å²) in [5.41, 5.74) is 2.45. The molecule has 0 aliphatic rings. The summed E-state index contributed by atoms with van der Waals surface area (Å²) in [4.78, 5) is 12.2. The molecule has 0 aromatic heterocycles. The maximum absolute atomic E-state index is 12.2. The number of hydrogen-bond donors (Lipinski definition) is 2. The largest absolute Gasteiger partial charge is 0.507 e. The topological polar surface area (TPSA) is 49.3 Å². The van der Waals surface area contributed by atoms with Gasteiger partial charge in [0.2, 0.25) is 0 Å². The summed E-state index contributed by atoms with van der Waals surface area (Å²) in [6, 6.07) is 12.6. The lowest BCUT2D eigenvalue weighted by atomic mass is 10.0. The summed E-state index contributed by atoms with van der Waals surface area (Å²) in [5, 5.41) is 12.7. The van der Waals surface area contributed by atoms with Gasteiger partial charge in [-0.25, -0.2) is 0 Å². The lowest BCUT2D eigenvalue weighted by Gasteiger charge is -2.17. The molecule has 2 N–H and O–H groups in total. The zero-order valence-corrected chi connectivity index (χ0v) is 12.9. The van der Waals surface area contributed by atoms with Crippen LogP contribution in [0.15, 0.2) is 46.9 Å². The first-order valence-corrected chi connectivity index (χ1v) is 7.13. The molecule has 2 aromatic rings. The number of hydrogen-bond acceptors (Lipinski definition) is 2. The van der Waals surface area contributed by atoms with Crippen LogP contribution in [-0.4, -0.2) is 11.0 Å². The summed E-state index contributed by atoms with van der Waals surface area (Å²) in [5.74, 6) is -0.317. The van der Waals surface area contributed by atoms with Crippen molar-refractivity contribution in [1.82, 2.24) is 5.32 Å². The third kappa shape index (κ3) is 3.20. The van der Waals surface area contributed by atoms with Crippen LogP contribution in [0.3, 0.4) is 0 Å². The van der Waals surface area contributed by atoms with E-state index in [1.54, 1.807) is 12.1 Å². The van der Waals surface area contributed by atoms with Gasteiger partial charge in [-0.15, -0.1) is 0 Å². The Balaban J connectivity index is 2.20. The molecule has 0 spiro atoms. The summed E-state index contributed by atoms with van der Waals surface area (Å²) in [6.07, 6.45) is 0. The van der Waals surface area contributed by atoms with Gasteiger partial charge < -0.3 is 10.4 Å². The van der Waals surface area contributed by atoms with Crippen molar-refractivity contribution in [3.05, 3.63) is 63.6 Å². The molecule has 0 aliphatic heterocycles. The fourth-order valence-corrected chi connectivity index (χ4v) is 2.48. The summed E-state index contributed by atoms with van der Waals surface area (Å²) >= 11 is 3.30. The van der Waals surface area contributed by atoms with Crippen molar-refractivity contribution in [3.63, 3.8) is 0 Å². The highest BCUT2D eigenvalue weighted by atomic mass is 79.9. The van der Waals surface area contributed by atoms with Gasteiger partial charge in [0, 0.05) is 4.47 Å². The minimum absolute atomic E-state index is 0.0253. The number of amides is 1. The van der Waals surface area contributed by atoms with Crippen LogP contribution in [0.25, 0.3) is 0 Å². The van der Waals surface area contributed by atoms with E-state index < -0.39 is 0 Å². The Labute approximate surface area is 126 Å². The lowest BCUT2D eigenvalue weighted by Crippen LogP contribution is -2.27. The molecule has 0 fully saturated rings. The smallest absolute Gasteiger partial charge is 0.255 e. The van der Waals surface area contributed by atoms with Crippen molar-refractivity contribution in [2.24, 2.45) is 0 Å². The lowest BCUT2D eigenvalue weighted by molar-refractivity contribution is 0.0937. The van der Waals surface area contributed by atoms with Crippen LogP contribution in [0, 0.1) is 6.92 Å². The first kappa shape index (κ1) is 14.6. The second-order valence-corrected chi connectivity index (χ2v) is 5.63. The van der Waals surface area contributed by atoms with E-state index in [0.29, 0.717) is 0 Å². The predicted octanol–water partition coefficient (Wildman–Crippen LogP) is 3.95. The van der Waals surface area contributed by atoms with Crippen molar-refractivity contribution >= 4 is 21.8 Å². The van der Waals surface area contributed by atoms with Gasteiger partial charge in [-0.3, -0.25) is 4.79 Å². The maximum atomic E-state index is 12.2. The molecule has 1 unspecified atom stereocenters. The quantitative estimate of drug-likeness (QED) is 0.893. The Kier molecular flexibility index (Phi) is 4.45. The Bertz CT molecular complexity index is 640. The molecule has 3 nitrogen and oxygen atoms in total. The molecule has 4 heteroatoms. The van der Waals surface area contributed by atoms with Gasteiger partial charge in [0.05, 0.1) is 11.6 Å². The second-order valence-electron chi connectivity index (χ2n) is 4.71. The SMILES string of the molecule is Cc1ccccc1C(C)NC(=O)c1cc(Br)ccc1O. The molecule has 1 amide bonds. The third-order valence-corrected chi connectivity index (χ3v) is 3.70. The summed E-state index contributed by atoms with van der Waals surface area (Å²) < 4.78 is 0.754. The molecule has 2 rings (SSSR count). The number of carbonyl (C=O) groups is 1. The molecular formula is C16H16BrNO2. The Hall–Kier alpha value is -1.81. The highest BCUT2D eigenvalue weighted by molar-refractivity contribution is 9.10. The molecule has 0 heterocycles. The van der Waals surface area contributed by atoms with Gasteiger partial charge in [0.25, 0.3) is 5.91 Å². The van der Waals surface area contributed by atoms with Crippen molar-refractivity contribution in [2.45, 2.75) is 19.9 Å². The molecule has 2 aromatic carbocycles. The monoisotopic (exact) mass is 333 g/mol. The highest BCUT2D eigenvalue weighted by Gasteiger charge is 2.16. The van der Waals surface area contributed by atoms with Crippen LogP contribution >= 0.6 is 15.9 Å². The Morgan fingerprint density at radius 2 is 1.95 bits per heavy atom. The Morgan fingerprint density at radius 1 is 1.25 bits per heavy atom. The van der Waals surface area contributed by atoms with E-state index in [0.717, 1.165) is 15.6 Å². The molecule has 0 saturated carbocycles. The molecule has 20 heavy (non-hydrogen) atoms. The van der Waals surface area contributed by atoms with Gasteiger partial charge in [0.1, 0.15) is 5.75 Å². The summed E-state index contributed by atoms with van der Waals surface area (Å²) in [7, 11) is 0. The molecular weight excluding hydrogens is 318 g/mol. The van der Waals surface area contributed by atoms with Crippen LogP contribution < -0.4 is 5.32 Å². The number of halogens is 1. The highest BCUT2D eigenvalue weighted by Crippen LogP contribution is 2.23. The number of aromatic hydroxyl groups is 1. The van der Waals surface area contributed by atoms with Crippen LogP contribution in [0.5, 0.6) is 5.75 Å². The number of rotatable bonds is 3. The Morgan fingerprint density at radius 3 is 2.65 bits per heavy atom. The van der Waals surface area contributed by atoms with E-state index in [2.05, 4.69) is 21.2 Å². The molecule has 0 aliphatic carbocycles. The number of benzene rings is 2. The van der Waals surface area contributed by atoms with Crippen molar-refractivity contribution < 1.29 is 9.90 Å². The number of nitrogens with one attached hydrogen (secondary N) is 1. The minimum Gasteiger partial charge on any atom is -0.507 e. The minimum atomic E-state index is -0.292. The fourth-order valence-electron chi connectivity index (χ4n) is 2.11. The zero-order valence-electron chi connectivity index (χ0n) is 11.4. The van der Waals surface area contributed by atoms with Crippen LogP contribution in [0.4, 0.5) is 0 Å². The maximum Gasteiger partial charge on any atom is 0.255 e. The average molecular weight is 334 g/mol. The standard InChI is InChI=1S/C16H16BrNO2/c1-10-5-3-4-6-13(10)11(2)18-16(20)14-9-12(17)7-8-15(14)19/h3-9,11,19H,1-2H3,(H,18,20). The van der Waals surface area contributed by atoms with Crippen LogP contribution in [-0.2, 0) is 0 Å². The molecule has 1 atom stereocenters. The van der Waals surface area contributed by atoms with E-state index in [-0.39, 0.29) is 23.3 Å². The van der Waals surface area contributed by atoms with Gasteiger partial charge in [-0.1, -0.05) is 40.2 Å². The zero-order chi connectivity index (χ0) is 14.7. The number of carbonyl (C=O) groups excluding carboxylic acids is 1. The number of phenols is 1. The first-order chi connectivity index (χ1) is 9.49. The fraction of sp³-hybridized carbons (Fsp3) is 0.188. The van der Waals surface area contributed by atoms with Crippen molar-refractivity contribution in [2.75, 3.05) is 0 Å². The second kappa shape index (κ2) is 6.09. The van der Waals surface area contributed by atoms with Gasteiger partial charge >= 0.3 is 0 Å². The van der Waals surface area contributed by atoms with Gasteiger partial charge in [-0.2, -0.15) is 0 Å². The molecule has 0 bridgehead atoms. The molecule has 0 saturated heterocycles. The summed E-state index contributed by atoms with van der Waals surface area (Å²) in [6.45, 7) is 3.93. The van der Waals surface area contributed by atoms with Gasteiger partial charge in [0.15, 0.2) is 0 Å².